The molecule has 0 bridgehead atoms. The Bertz CT molecular complexity index is 909. The molecule has 0 spiro atoms. The molecule has 7 nitrogen and oxygen atoms in total. The van der Waals surface area contributed by atoms with E-state index in [9.17, 15) is 9.59 Å². The van der Waals surface area contributed by atoms with Crippen LogP contribution in [0.5, 0.6) is 0 Å². The van der Waals surface area contributed by atoms with Gasteiger partial charge in [-0.05, 0) is 63.0 Å². The zero-order valence-corrected chi connectivity index (χ0v) is 22.5. The largest absolute Gasteiger partial charge is 0.508 e. The third-order valence-corrected chi connectivity index (χ3v) is 10.7. The molecule has 1 saturated carbocycles. The van der Waals surface area contributed by atoms with Gasteiger partial charge < -0.3 is 22.8 Å². The lowest BCUT2D eigenvalue weighted by Crippen LogP contribution is -2.52. The van der Waals surface area contributed by atoms with E-state index in [0.29, 0.717) is 26.2 Å². The van der Waals surface area contributed by atoms with E-state index in [0.717, 1.165) is 16.7 Å². The number of allylic oxidation sites excluding steroid dienone is 3. The first-order valence-corrected chi connectivity index (χ1v) is 14.1. The van der Waals surface area contributed by atoms with Gasteiger partial charge in [-0.1, -0.05) is 48.6 Å². The highest BCUT2D eigenvalue weighted by molar-refractivity contribution is 6.63. The number of ether oxygens (including phenoxy) is 2. The molecule has 0 aliphatic heterocycles. The second-order valence-electron chi connectivity index (χ2n) is 9.07. The van der Waals surface area contributed by atoms with Crippen molar-refractivity contribution < 1.29 is 32.3 Å². The number of hydrogen-bond acceptors (Lipinski definition) is 7. The Hall–Kier alpha value is -2.26. The van der Waals surface area contributed by atoms with Gasteiger partial charge in [-0.25, -0.2) is 0 Å². The summed E-state index contributed by atoms with van der Waals surface area (Å²) < 4.78 is 29.3. The topological polar surface area (TPSA) is 80.3 Å². The van der Waals surface area contributed by atoms with E-state index >= 15 is 0 Å². The van der Waals surface area contributed by atoms with E-state index in [1.54, 1.807) is 0 Å². The van der Waals surface area contributed by atoms with Crippen molar-refractivity contribution in [3.8, 4) is 0 Å². The van der Waals surface area contributed by atoms with Crippen LogP contribution < -0.4 is 0 Å². The normalized spacial score (nSPS) is 23.7. The van der Waals surface area contributed by atoms with Gasteiger partial charge in [-0.3, -0.25) is 9.59 Å². The third kappa shape index (κ3) is 5.16. The van der Waals surface area contributed by atoms with Crippen LogP contribution in [0, 0.1) is 17.3 Å². The van der Waals surface area contributed by atoms with Crippen LogP contribution in [-0.2, 0) is 32.3 Å². The minimum atomic E-state index is -3.29. The van der Waals surface area contributed by atoms with Crippen molar-refractivity contribution in [3.05, 3.63) is 54.1 Å². The van der Waals surface area contributed by atoms with Gasteiger partial charge in [0.25, 0.3) is 0 Å². The van der Waals surface area contributed by atoms with Crippen LogP contribution in [0.1, 0.15) is 45.6 Å². The summed E-state index contributed by atoms with van der Waals surface area (Å²) in [7, 11) is -0.679. The van der Waals surface area contributed by atoms with Crippen LogP contribution in [0.2, 0.25) is 5.54 Å². The molecule has 192 valence electrons. The quantitative estimate of drug-likeness (QED) is 0.197. The second-order valence-corrected chi connectivity index (χ2v) is 11.8. The Morgan fingerprint density at radius 1 is 0.943 bits per heavy atom. The predicted octanol–water partition coefficient (Wildman–Crippen LogP) is 4.81. The summed E-state index contributed by atoms with van der Waals surface area (Å²) in [5.41, 5.74) is 1.50. The molecule has 35 heavy (non-hydrogen) atoms. The average molecular weight is 503 g/mol. The van der Waals surface area contributed by atoms with Crippen molar-refractivity contribution in [2.45, 2.75) is 45.6 Å². The Balaban J connectivity index is 2.22. The number of fused-ring (bicyclic) bond motifs is 1. The molecule has 2 aliphatic carbocycles. The standard InChI is InChI=1S/C27H38O7Si/c1-7-32-35(33-8-2,34-9-3)24-16-21(20-13-11-10-12-14-20)15-19(4)22-17-27(18-23(22)24,25(28)30-5)26(29)31-6/h10-14,16,22-24H,4,7-9,15,17-18H2,1-3,5-6H3/t22-,23-,24-/m1/s1. The summed E-state index contributed by atoms with van der Waals surface area (Å²) in [6, 6.07) is 10.2. The van der Waals surface area contributed by atoms with Crippen LogP contribution in [-0.4, -0.2) is 54.8 Å². The van der Waals surface area contributed by atoms with E-state index in [4.69, 9.17) is 22.8 Å². The number of carbonyl (C=O) groups excluding carboxylic acids is 2. The summed E-state index contributed by atoms with van der Waals surface area (Å²) in [6.07, 6.45) is 3.34. The van der Waals surface area contributed by atoms with E-state index in [1.165, 1.54) is 14.2 Å². The number of rotatable bonds is 10. The van der Waals surface area contributed by atoms with Crippen LogP contribution in [0.25, 0.3) is 5.57 Å². The van der Waals surface area contributed by atoms with Gasteiger partial charge in [-0.2, -0.15) is 0 Å². The first kappa shape index (κ1) is 27.3. The third-order valence-electron chi connectivity index (χ3n) is 7.19. The van der Waals surface area contributed by atoms with E-state index in [1.807, 2.05) is 39.0 Å². The van der Waals surface area contributed by atoms with Gasteiger partial charge in [0.1, 0.15) is 0 Å². The molecule has 0 aromatic heterocycles. The zero-order chi connectivity index (χ0) is 25.6. The maximum absolute atomic E-state index is 13.0. The molecule has 0 saturated heterocycles. The maximum Gasteiger partial charge on any atom is 0.508 e. The molecule has 1 fully saturated rings. The molecular weight excluding hydrogens is 464 g/mol. The number of hydrogen-bond donors (Lipinski definition) is 0. The van der Waals surface area contributed by atoms with Crippen molar-refractivity contribution in [2.75, 3.05) is 34.0 Å². The smallest absolute Gasteiger partial charge is 0.468 e. The first-order chi connectivity index (χ1) is 16.8. The predicted molar refractivity (Wildman–Crippen MR) is 135 cm³/mol. The fourth-order valence-electron chi connectivity index (χ4n) is 5.79. The molecule has 1 aromatic rings. The molecular formula is C27H38O7Si. The number of methoxy groups -OCH3 is 2. The van der Waals surface area contributed by atoms with Crippen LogP contribution >= 0.6 is 0 Å². The Morgan fingerprint density at radius 3 is 1.97 bits per heavy atom. The number of esters is 2. The van der Waals surface area contributed by atoms with Gasteiger partial charge >= 0.3 is 20.7 Å². The summed E-state index contributed by atoms with van der Waals surface area (Å²) in [4.78, 5) is 26.1. The van der Waals surface area contributed by atoms with E-state index < -0.39 is 26.2 Å². The fraction of sp³-hybridized carbons (Fsp3) is 0.556. The molecule has 0 heterocycles. The highest BCUT2D eigenvalue weighted by Gasteiger charge is 2.64. The van der Waals surface area contributed by atoms with Crippen LogP contribution in [0.4, 0.5) is 0 Å². The van der Waals surface area contributed by atoms with Gasteiger partial charge in [0.2, 0.25) is 0 Å². The van der Waals surface area contributed by atoms with Gasteiger partial charge in [0, 0.05) is 19.8 Å². The summed E-state index contributed by atoms with van der Waals surface area (Å²) in [5.74, 6) is -1.46. The lowest BCUT2D eigenvalue weighted by molar-refractivity contribution is -0.169. The SMILES string of the molecule is C=C1CC(c2ccccc2)=C[C@@H]([Si](OCC)(OCC)OCC)[C@@H]2CC(C(=O)OC)(C(=O)OC)C[C@H]12. The molecule has 0 amide bonds. The molecule has 0 radical (unpaired) electrons. The van der Waals surface area contributed by atoms with Crippen molar-refractivity contribution in [3.63, 3.8) is 0 Å². The number of carbonyl (C=O) groups is 2. The molecule has 1 aromatic carbocycles. The molecule has 3 atom stereocenters. The fourth-order valence-corrected chi connectivity index (χ4v) is 9.11. The summed E-state index contributed by atoms with van der Waals surface area (Å²) >= 11 is 0. The summed E-state index contributed by atoms with van der Waals surface area (Å²) in [5, 5.41) is 0. The minimum Gasteiger partial charge on any atom is -0.468 e. The highest BCUT2D eigenvalue weighted by atomic mass is 28.4. The number of benzene rings is 1. The van der Waals surface area contributed by atoms with Gasteiger partial charge in [-0.15, -0.1) is 0 Å². The van der Waals surface area contributed by atoms with Crippen LogP contribution in [0.3, 0.4) is 0 Å². The van der Waals surface area contributed by atoms with E-state index in [-0.39, 0.29) is 30.2 Å². The highest BCUT2D eigenvalue weighted by Crippen LogP contribution is 2.59. The van der Waals surface area contributed by atoms with Gasteiger partial charge in [0.15, 0.2) is 5.41 Å². The zero-order valence-electron chi connectivity index (χ0n) is 21.5. The minimum absolute atomic E-state index is 0.135. The molecule has 3 rings (SSSR count). The first-order valence-electron chi connectivity index (χ1n) is 12.3. The van der Waals surface area contributed by atoms with Crippen molar-refractivity contribution in [2.24, 2.45) is 17.3 Å². The molecule has 0 N–H and O–H groups in total. The Kier molecular flexibility index (Phi) is 9.09. The van der Waals surface area contributed by atoms with Crippen LogP contribution in [0.15, 0.2) is 48.6 Å². The lowest BCUT2D eigenvalue weighted by Gasteiger charge is -2.38. The Morgan fingerprint density at radius 2 is 1.49 bits per heavy atom. The molecule has 2 aliphatic rings. The molecule has 0 unspecified atom stereocenters. The monoisotopic (exact) mass is 502 g/mol. The van der Waals surface area contributed by atoms with Crippen molar-refractivity contribution in [1.82, 2.24) is 0 Å². The van der Waals surface area contributed by atoms with Crippen molar-refractivity contribution in [1.29, 1.82) is 0 Å². The second kappa shape index (κ2) is 11.6. The van der Waals surface area contributed by atoms with Crippen molar-refractivity contribution >= 4 is 26.3 Å². The van der Waals surface area contributed by atoms with Gasteiger partial charge in [0.05, 0.1) is 19.8 Å². The molecule has 8 heteroatoms. The Labute approximate surface area is 209 Å². The lowest BCUT2D eigenvalue weighted by atomic mass is 9.83. The average Bonchev–Trinajstić information content (AvgIpc) is 3.22. The van der Waals surface area contributed by atoms with E-state index in [2.05, 4.69) is 24.8 Å². The maximum atomic E-state index is 13.0. The summed E-state index contributed by atoms with van der Waals surface area (Å²) in [6.45, 7) is 11.5.